The van der Waals surface area contributed by atoms with Crippen LogP contribution in [0.5, 0.6) is 0 Å². The molecule has 1 aliphatic rings. The van der Waals surface area contributed by atoms with Crippen molar-refractivity contribution in [2.75, 3.05) is 6.61 Å². The molecule has 0 aliphatic carbocycles. The molecule has 0 spiro atoms. The molecule has 200 valence electrons. The summed E-state index contributed by atoms with van der Waals surface area (Å²) in [6, 6.07) is 10.2. The van der Waals surface area contributed by atoms with Crippen molar-refractivity contribution in [3.05, 3.63) is 35.9 Å². The van der Waals surface area contributed by atoms with Gasteiger partial charge in [0.1, 0.15) is 6.29 Å². The first kappa shape index (κ1) is 30.1. The Bertz CT molecular complexity index is 775. The minimum Gasteiger partial charge on any atom is -0.414 e. The van der Waals surface area contributed by atoms with Crippen molar-refractivity contribution in [1.82, 2.24) is 0 Å². The Morgan fingerprint density at radius 2 is 1.86 bits per heavy atom. The van der Waals surface area contributed by atoms with Crippen LogP contribution in [0.3, 0.4) is 0 Å². The first-order valence-corrected chi connectivity index (χ1v) is 15.8. The lowest BCUT2D eigenvalue weighted by Crippen LogP contribution is -2.54. The van der Waals surface area contributed by atoms with E-state index in [1.807, 2.05) is 32.0 Å². The van der Waals surface area contributed by atoms with E-state index in [-0.39, 0.29) is 23.7 Å². The van der Waals surface area contributed by atoms with Gasteiger partial charge >= 0.3 is 0 Å². The maximum atomic E-state index is 11.0. The zero-order valence-electron chi connectivity index (χ0n) is 23.1. The fraction of sp³-hybridized carbons (Fsp3) is 0.750. The highest BCUT2D eigenvalue weighted by Crippen LogP contribution is 2.42. The highest BCUT2D eigenvalue weighted by molar-refractivity contribution is 6.74. The molecule has 0 saturated carbocycles. The average molecular weight is 509 g/mol. The first-order chi connectivity index (χ1) is 16.1. The van der Waals surface area contributed by atoms with Gasteiger partial charge in [0.15, 0.2) is 14.1 Å². The summed E-state index contributed by atoms with van der Waals surface area (Å²) in [5.41, 5.74) is 0.671. The third-order valence-electron chi connectivity index (χ3n) is 7.13. The van der Waals surface area contributed by atoms with Gasteiger partial charge in [-0.3, -0.25) is 0 Å². The van der Waals surface area contributed by atoms with Crippen LogP contribution in [0.15, 0.2) is 30.3 Å². The number of ether oxygens (including phenoxy) is 3. The molecular weight excluding hydrogens is 460 g/mol. The van der Waals surface area contributed by atoms with Crippen LogP contribution in [0.4, 0.5) is 0 Å². The van der Waals surface area contributed by atoms with Crippen LogP contribution in [-0.2, 0) is 30.0 Å². The van der Waals surface area contributed by atoms with Crippen LogP contribution in [0.25, 0.3) is 0 Å². The van der Waals surface area contributed by atoms with E-state index >= 15 is 0 Å². The van der Waals surface area contributed by atoms with Crippen LogP contribution in [0, 0.1) is 0 Å². The average Bonchev–Trinajstić information content (AvgIpc) is 2.69. The molecule has 1 aliphatic heterocycles. The molecule has 1 unspecified atom stereocenters. The first-order valence-electron chi connectivity index (χ1n) is 12.9. The molecule has 1 saturated heterocycles. The monoisotopic (exact) mass is 508 g/mol. The number of aldehydes is 1. The third kappa shape index (κ3) is 10.1. The lowest BCUT2D eigenvalue weighted by Gasteiger charge is -2.49. The summed E-state index contributed by atoms with van der Waals surface area (Å²) in [6.45, 7) is 18.3. The zero-order valence-corrected chi connectivity index (χ0v) is 24.1. The summed E-state index contributed by atoms with van der Waals surface area (Å²) in [5.74, 6) is -0.736. The molecule has 35 heavy (non-hydrogen) atoms. The fourth-order valence-electron chi connectivity index (χ4n) is 4.61. The molecule has 0 aromatic heterocycles. The molecule has 0 bridgehead atoms. The van der Waals surface area contributed by atoms with Crippen LogP contribution in [0.1, 0.15) is 79.2 Å². The van der Waals surface area contributed by atoms with Gasteiger partial charge < -0.3 is 28.5 Å². The van der Waals surface area contributed by atoms with E-state index in [1.54, 1.807) is 0 Å². The Morgan fingerprint density at radius 1 is 1.20 bits per heavy atom. The highest BCUT2D eigenvalue weighted by atomic mass is 28.4. The van der Waals surface area contributed by atoms with Crippen LogP contribution in [0.2, 0.25) is 18.1 Å². The van der Waals surface area contributed by atoms with Gasteiger partial charge in [-0.1, -0.05) is 51.1 Å². The van der Waals surface area contributed by atoms with E-state index < -0.39 is 25.8 Å². The van der Waals surface area contributed by atoms with E-state index in [4.69, 9.17) is 18.6 Å². The minimum absolute atomic E-state index is 0.00653. The van der Waals surface area contributed by atoms with Crippen molar-refractivity contribution in [3.8, 4) is 0 Å². The Morgan fingerprint density at radius 3 is 2.46 bits per heavy atom. The van der Waals surface area contributed by atoms with Crippen LogP contribution >= 0.6 is 0 Å². The molecule has 4 atom stereocenters. The summed E-state index contributed by atoms with van der Waals surface area (Å²) < 4.78 is 25.4. The topological polar surface area (TPSA) is 74.2 Å². The van der Waals surface area contributed by atoms with Gasteiger partial charge in [0.25, 0.3) is 0 Å². The summed E-state index contributed by atoms with van der Waals surface area (Å²) in [7, 11) is -2.09. The van der Waals surface area contributed by atoms with Crippen LogP contribution in [-0.4, -0.2) is 56.0 Å². The third-order valence-corrected chi connectivity index (χ3v) is 11.7. The Labute approximate surface area is 213 Å². The molecule has 1 heterocycles. The summed E-state index contributed by atoms with van der Waals surface area (Å²) >= 11 is 0. The number of rotatable bonds is 13. The van der Waals surface area contributed by atoms with Crippen LogP contribution < -0.4 is 0 Å². The van der Waals surface area contributed by atoms with E-state index in [1.165, 1.54) is 0 Å². The number of aliphatic hydroxyl groups is 1. The summed E-state index contributed by atoms with van der Waals surface area (Å²) in [6.07, 6.45) is 2.48. The van der Waals surface area contributed by atoms with Crippen molar-refractivity contribution in [3.63, 3.8) is 0 Å². The standard InChI is InChI=1S/C28H48O6Si/c1-26(2,3)35(7,8)33-25(18-23(30)14-16-29)20-28(6)19-24(32-27(4,5)34-28)15-17-31-21-22-12-10-9-11-13-22/h9-13,16,23-25,30H,14-15,17-21H2,1-8H3/t23-,24-,25?,28-/m0/s1. The van der Waals surface area contributed by atoms with Crippen molar-refractivity contribution >= 4 is 14.6 Å². The van der Waals surface area contributed by atoms with Crippen molar-refractivity contribution in [2.45, 2.75) is 128 Å². The van der Waals surface area contributed by atoms with Gasteiger partial charge in [-0.2, -0.15) is 0 Å². The minimum atomic E-state index is -2.09. The number of carbonyl (C=O) groups is 1. The molecule has 1 N–H and O–H groups in total. The van der Waals surface area contributed by atoms with E-state index in [0.29, 0.717) is 32.5 Å². The largest absolute Gasteiger partial charge is 0.414 e. The molecule has 1 fully saturated rings. The Hall–Kier alpha value is -1.09. The zero-order chi connectivity index (χ0) is 26.3. The predicted molar refractivity (Wildman–Crippen MR) is 142 cm³/mol. The van der Waals surface area contributed by atoms with Crippen molar-refractivity contribution < 1.29 is 28.5 Å². The summed E-state index contributed by atoms with van der Waals surface area (Å²) in [5, 5.41) is 10.5. The molecule has 1 aromatic carbocycles. The molecular formula is C28H48O6Si. The molecule has 0 amide bonds. The summed E-state index contributed by atoms with van der Waals surface area (Å²) in [4.78, 5) is 11.0. The van der Waals surface area contributed by atoms with Crippen molar-refractivity contribution in [1.29, 1.82) is 0 Å². The number of aliphatic hydroxyl groups excluding tert-OH is 1. The van der Waals surface area contributed by atoms with Gasteiger partial charge in [-0.15, -0.1) is 0 Å². The molecule has 0 radical (unpaired) electrons. The number of carbonyl (C=O) groups excluding carboxylic acids is 1. The quantitative estimate of drug-likeness (QED) is 0.200. The van der Waals surface area contributed by atoms with Gasteiger partial charge in [0, 0.05) is 25.9 Å². The molecule has 7 heteroatoms. The molecule has 1 aromatic rings. The normalized spacial score (nSPS) is 24.7. The van der Waals surface area contributed by atoms with Gasteiger partial charge in [-0.05, 0) is 57.3 Å². The second-order valence-electron chi connectivity index (χ2n) is 12.2. The maximum absolute atomic E-state index is 11.0. The number of hydrogen-bond acceptors (Lipinski definition) is 6. The lowest BCUT2D eigenvalue weighted by atomic mass is 9.87. The van der Waals surface area contributed by atoms with Gasteiger partial charge in [0.2, 0.25) is 0 Å². The van der Waals surface area contributed by atoms with Crippen molar-refractivity contribution in [2.24, 2.45) is 0 Å². The highest BCUT2D eigenvalue weighted by Gasteiger charge is 2.46. The second-order valence-corrected chi connectivity index (χ2v) is 17.0. The Kier molecular flexibility index (Phi) is 10.7. The number of hydrogen-bond donors (Lipinski definition) is 1. The van der Waals surface area contributed by atoms with E-state index in [2.05, 4.69) is 52.9 Å². The predicted octanol–water partition coefficient (Wildman–Crippen LogP) is 6.01. The maximum Gasteiger partial charge on any atom is 0.192 e. The Balaban J connectivity index is 2.06. The molecule has 2 rings (SSSR count). The number of benzene rings is 1. The lowest BCUT2D eigenvalue weighted by molar-refractivity contribution is -0.335. The molecule has 6 nitrogen and oxygen atoms in total. The van der Waals surface area contributed by atoms with E-state index in [0.717, 1.165) is 18.3 Å². The smallest absolute Gasteiger partial charge is 0.192 e. The fourth-order valence-corrected chi connectivity index (χ4v) is 5.97. The second kappa shape index (κ2) is 12.4. The SMILES string of the molecule is CC1(C)O[C@@H](CCOCc2ccccc2)C[C@@](C)(CC(C[C@@H](O)CC=O)O[Si](C)(C)C(C)(C)C)O1. The van der Waals surface area contributed by atoms with E-state index in [9.17, 15) is 9.90 Å². The van der Waals surface area contributed by atoms with Gasteiger partial charge in [-0.25, -0.2) is 0 Å². The van der Waals surface area contributed by atoms with Gasteiger partial charge in [0.05, 0.1) is 30.5 Å².